The number of hydrogen-bond acceptors (Lipinski definition) is 2. The maximum absolute atomic E-state index is 12.8. The Morgan fingerprint density at radius 3 is 2.43 bits per heavy atom. The summed E-state index contributed by atoms with van der Waals surface area (Å²) in [5, 5.41) is 8.25. The zero-order valence-corrected chi connectivity index (χ0v) is 8.17. The van der Waals surface area contributed by atoms with Crippen molar-refractivity contribution in [2.45, 2.75) is 25.7 Å². The molecule has 14 heavy (non-hydrogen) atoms. The van der Waals surface area contributed by atoms with Gasteiger partial charge in [-0.3, -0.25) is 4.90 Å². The molecule has 1 aliphatic rings. The minimum atomic E-state index is -3.61. The van der Waals surface area contributed by atoms with Gasteiger partial charge in [0.05, 0.1) is 6.54 Å². The second kappa shape index (κ2) is 4.21. The second-order valence-corrected chi connectivity index (χ2v) is 3.97. The topological polar surface area (TPSA) is 40.5 Å². The molecule has 0 aromatic carbocycles. The lowest BCUT2D eigenvalue weighted by atomic mass is 9.99. The molecule has 0 saturated carbocycles. The Bertz CT molecular complexity index is 213. The highest BCUT2D eigenvalue weighted by Crippen LogP contribution is 2.21. The summed E-state index contributed by atoms with van der Waals surface area (Å²) in [4.78, 5) is 11.7. The van der Waals surface area contributed by atoms with Gasteiger partial charge in [-0.15, -0.1) is 0 Å². The van der Waals surface area contributed by atoms with Gasteiger partial charge in [-0.25, -0.2) is 4.79 Å². The van der Waals surface area contributed by atoms with Crippen LogP contribution < -0.4 is 0 Å². The number of hydrogen-bond donors (Lipinski definition) is 1. The Labute approximate surface area is 81.7 Å². The molecule has 5 heteroatoms. The lowest BCUT2D eigenvalue weighted by molar-refractivity contribution is -0.167. The van der Waals surface area contributed by atoms with Crippen LogP contribution in [0.2, 0.25) is 0 Å². The molecule has 1 N–H and O–H groups in total. The van der Waals surface area contributed by atoms with Gasteiger partial charge < -0.3 is 5.11 Å². The first-order chi connectivity index (χ1) is 6.42. The third-order valence-corrected chi connectivity index (χ3v) is 2.61. The van der Waals surface area contributed by atoms with Gasteiger partial charge in [0.15, 0.2) is 0 Å². The van der Waals surface area contributed by atoms with Crippen molar-refractivity contribution in [3.63, 3.8) is 0 Å². The number of aliphatic carboxylic acids is 1. The number of rotatable bonds is 3. The van der Waals surface area contributed by atoms with E-state index in [1.807, 2.05) is 0 Å². The molecule has 0 unspecified atom stereocenters. The van der Waals surface area contributed by atoms with Crippen LogP contribution in [-0.4, -0.2) is 41.5 Å². The standard InChI is InChI=1S/C9H15F2NO2/c1-7-2-4-12(5-3-7)6-9(10,11)8(13)14/h7H,2-6H2,1H3,(H,13,14). The summed E-state index contributed by atoms with van der Waals surface area (Å²) < 4.78 is 25.6. The predicted molar refractivity (Wildman–Crippen MR) is 47.4 cm³/mol. The van der Waals surface area contributed by atoms with Crippen molar-refractivity contribution in [1.82, 2.24) is 4.90 Å². The first kappa shape index (κ1) is 11.4. The van der Waals surface area contributed by atoms with Crippen LogP contribution in [0.4, 0.5) is 8.78 Å². The van der Waals surface area contributed by atoms with Crippen LogP contribution in [-0.2, 0) is 4.79 Å². The number of alkyl halides is 2. The quantitative estimate of drug-likeness (QED) is 0.761. The average Bonchev–Trinajstić information content (AvgIpc) is 2.08. The van der Waals surface area contributed by atoms with Crippen molar-refractivity contribution in [3.8, 4) is 0 Å². The van der Waals surface area contributed by atoms with Crippen molar-refractivity contribution in [3.05, 3.63) is 0 Å². The second-order valence-electron chi connectivity index (χ2n) is 3.97. The van der Waals surface area contributed by atoms with Gasteiger partial charge in [-0.05, 0) is 31.8 Å². The summed E-state index contributed by atoms with van der Waals surface area (Å²) in [6.45, 7) is 2.57. The van der Waals surface area contributed by atoms with Crippen LogP contribution >= 0.6 is 0 Å². The summed E-state index contributed by atoms with van der Waals surface area (Å²) in [5.41, 5.74) is 0. The van der Waals surface area contributed by atoms with E-state index >= 15 is 0 Å². The Hall–Kier alpha value is -0.710. The smallest absolute Gasteiger partial charge is 0.375 e. The van der Waals surface area contributed by atoms with E-state index in [0.717, 1.165) is 12.8 Å². The molecule has 0 bridgehead atoms. The maximum Gasteiger partial charge on any atom is 0.375 e. The monoisotopic (exact) mass is 207 g/mol. The van der Waals surface area contributed by atoms with Crippen molar-refractivity contribution in [1.29, 1.82) is 0 Å². The van der Waals surface area contributed by atoms with Crippen molar-refractivity contribution < 1.29 is 18.7 Å². The predicted octanol–water partition coefficient (Wildman–Crippen LogP) is 1.44. The highest BCUT2D eigenvalue weighted by molar-refractivity contribution is 5.75. The van der Waals surface area contributed by atoms with E-state index < -0.39 is 18.4 Å². The third kappa shape index (κ3) is 2.90. The van der Waals surface area contributed by atoms with Crippen LogP contribution in [0.25, 0.3) is 0 Å². The molecule has 0 aliphatic carbocycles. The van der Waals surface area contributed by atoms with E-state index in [1.54, 1.807) is 0 Å². The molecule has 0 aromatic heterocycles. The Balaban J connectivity index is 2.41. The summed E-state index contributed by atoms with van der Waals surface area (Å²) in [7, 11) is 0. The van der Waals surface area contributed by atoms with E-state index in [-0.39, 0.29) is 0 Å². The molecular weight excluding hydrogens is 192 g/mol. The summed E-state index contributed by atoms with van der Waals surface area (Å²) >= 11 is 0. The number of likely N-dealkylation sites (tertiary alicyclic amines) is 1. The molecule has 3 nitrogen and oxygen atoms in total. The highest BCUT2D eigenvalue weighted by Gasteiger charge is 2.40. The Kier molecular flexibility index (Phi) is 3.42. The van der Waals surface area contributed by atoms with E-state index in [2.05, 4.69) is 6.92 Å². The molecule has 1 rings (SSSR count). The van der Waals surface area contributed by atoms with Gasteiger partial charge in [0.1, 0.15) is 0 Å². The largest absolute Gasteiger partial charge is 0.477 e. The summed E-state index contributed by atoms with van der Waals surface area (Å²) in [6.07, 6.45) is 1.74. The Morgan fingerprint density at radius 2 is 2.00 bits per heavy atom. The SMILES string of the molecule is CC1CCN(CC(F)(F)C(=O)O)CC1. The molecule has 1 saturated heterocycles. The van der Waals surface area contributed by atoms with Gasteiger partial charge in [0.25, 0.3) is 0 Å². The minimum absolute atomic E-state index is 0.560. The minimum Gasteiger partial charge on any atom is -0.477 e. The van der Waals surface area contributed by atoms with E-state index in [4.69, 9.17) is 5.11 Å². The normalized spacial score (nSPS) is 21.1. The number of carboxylic acids is 1. The molecule has 0 spiro atoms. The number of nitrogens with zero attached hydrogens (tertiary/aromatic N) is 1. The number of carbonyl (C=O) groups is 1. The van der Waals surface area contributed by atoms with Crippen LogP contribution in [0.3, 0.4) is 0 Å². The first-order valence-electron chi connectivity index (χ1n) is 4.75. The van der Waals surface area contributed by atoms with Crippen LogP contribution in [0.15, 0.2) is 0 Å². The van der Waals surface area contributed by atoms with Crippen molar-refractivity contribution >= 4 is 5.97 Å². The number of halogens is 2. The van der Waals surface area contributed by atoms with Crippen molar-refractivity contribution in [2.24, 2.45) is 5.92 Å². The molecule has 0 amide bonds. The fourth-order valence-corrected chi connectivity index (χ4v) is 1.57. The summed E-state index contributed by atoms with van der Waals surface area (Å²) in [5.74, 6) is -5.08. The average molecular weight is 207 g/mol. The van der Waals surface area contributed by atoms with Crippen LogP contribution in [0.1, 0.15) is 19.8 Å². The van der Waals surface area contributed by atoms with E-state index in [0.29, 0.717) is 19.0 Å². The van der Waals surface area contributed by atoms with E-state index in [9.17, 15) is 13.6 Å². The van der Waals surface area contributed by atoms with Gasteiger partial charge >= 0.3 is 11.9 Å². The molecule has 0 radical (unpaired) electrons. The molecule has 1 heterocycles. The zero-order valence-electron chi connectivity index (χ0n) is 8.17. The number of carboxylic acid groups (broad SMARTS) is 1. The van der Waals surface area contributed by atoms with Gasteiger partial charge in [-0.2, -0.15) is 8.78 Å². The highest BCUT2D eigenvalue weighted by atomic mass is 19.3. The third-order valence-electron chi connectivity index (χ3n) is 2.61. The van der Waals surface area contributed by atoms with Crippen LogP contribution in [0.5, 0.6) is 0 Å². The Morgan fingerprint density at radius 1 is 1.50 bits per heavy atom. The molecule has 82 valence electrons. The molecule has 0 aromatic rings. The van der Waals surface area contributed by atoms with Gasteiger partial charge in [-0.1, -0.05) is 6.92 Å². The maximum atomic E-state index is 12.8. The zero-order chi connectivity index (χ0) is 10.8. The molecule has 1 fully saturated rings. The van der Waals surface area contributed by atoms with Gasteiger partial charge in [0, 0.05) is 0 Å². The lowest BCUT2D eigenvalue weighted by Crippen LogP contribution is -2.45. The molecular formula is C9H15F2NO2. The van der Waals surface area contributed by atoms with E-state index in [1.165, 1.54) is 4.90 Å². The fraction of sp³-hybridized carbons (Fsp3) is 0.889. The van der Waals surface area contributed by atoms with Crippen molar-refractivity contribution in [2.75, 3.05) is 19.6 Å². The van der Waals surface area contributed by atoms with Gasteiger partial charge in [0.2, 0.25) is 0 Å². The first-order valence-corrected chi connectivity index (χ1v) is 4.75. The summed E-state index contributed by atoms with van der Waals surface area (Å²) in [6, 6.07) is 0. The lowest BCUT2D eigenvalue weighted by Gasteiger charge is -2.31. The van der Waals surface area contributed by atoms with Crippen LogP contribution in [0, 0.1) is 5.92 Å². The fourth-order valence-electron chi connectivity index (χ4n) is 1.57. The molecule has 0 atom stereocenters. The molecule has 1 aliphatic heterocycles. The number of piperidine rings is 1.